The number of carbonyl (C=O) groups is 2. The maximum absolute atomic E-state index is 12.8. The summed E-state index contributed by atoms with van der Waals surface area (Å²) in [4.78, 5) is 30.7. The Morgan fingerprint density at radius 2 is 1.96 bits per heavy atom. The lowest BCUT2D eigenvalue weighted by atomic mass is 9.88. The first-order chi connectivity index (χ1) is 13.0. The van der Waals surface area contributed by atoms with Gasteiger partial charge in [-0.2, -0.15) is 0 Å². The molecule has 0 bridgehead atoms. The summed E-state index contributed by atoms with van der Waals surface area (Å²) < 4.78 is 13.2. The molecule has 2 aromatic rings. The van der Waals surface area contributed by atoms with Crippen LogP contribution in [0, 0.1) is 0 Å². The van der Waals surface area contributed by atoms with Gasteiger partial charge in [-0.25, -0.2) is 4.98 Å². The van der Waals surface area contributed by atoms with Crippen molar-refractivity contribution in [2.24, 2.45) is 5.73 Å². The van der Waals surface area contributed by atoms with Crippen molar-refractivity contribution in [2.75, 3.05) is 20.2 Å². The number of nitrogens with two attached hydrogens (primary N) is 1. The molecule has 1 fully saturated rings. The minimum absolute atomic E-state index is 0.0295. The third kappa shape index (κ3) is 3.06. The number of likely N-dealkylation sites (tertiary alicyclic amines) is 1. The highest BCUT2D eigenvalue weighted by Crippen LogP contribution is 2.40. The summed E-state index contributed by atoms with van der Waals surface area (Å²) in [6, 6.07) is 7.07. The number of fused-ring (bicyclic) bond motifs is 2. The lowest BCUT2D eigenvalue weighted by Crippen LogP contribution is -2.54. The molecule has 142 valence electrons. The molecule has 1 aromatic carbocycles. The molecule has 1 unspecified atom stereocenters. The van der Waals surface area contributed by atoms with Gasteiger partial charge < -0.3 is 24.7 Å². The van der Waals surface area contributed by atoms with Crippen molar-refractivity contribution >= 4 is 11.8 Å². The highest BCUT2D eigenvalue weighted by molar-refractivity contribution is 5.94. The molecule has 2 amide bonds. The third-order valence-corrected chi connectivity index (χ3v) is 5.37. The maximum Gasteiger partial charge on any atom is 0.253 e. The first-order valence-corrected chi connectivity index (χ1v) is 8.94. The van der Waals surface area contributed by atoms with Crippen LogP contribution in [-0.4, -0.2) is 52.6 Å². The molecule has 1 atom stereocenters. The summed E-state index contributed by atoms with van der Waals surface area (Å²) in [5, 5.41) is 0. The van der Waals surface area contributed by atoms with Crippen LogP contribution in [0.15, 0.2) is 36.7 Å². The zero-order chi connectivity index (χ0) is 19.0. The third-order valence-electron chi connectivity index (χ3n) is 5.37. The van der Waals surface area contributed by atoms with Crippen LogP contribution >= 0.6 is 0 Å². The second-order valence-electron chi connectivity index (χ2n) is 6.93. The minimum atomic E-state index is -0.685. The molecule has 1 aromatic heterocycles. The average molecular weight is 370 g/mol. The molecule has 1 spiro atoms. The Balaban J connectivity index is 1.51. The van der Waals surface area contributed by atoms with E-state index in [9.17, 15) is 9.59 Å². The normalized spacial score (nSPS) is 20.9. The van der Waals surface area contributed by atoms with Gasteiger partial charge in [0.2, 0.25) is 5.91 Å². The number of nitrogens with zero attached hydrogens (tertiary/aromatic N) is 3. The maximum atomic E-state index is 12.8. The van der Waals surface area contributed by atoms with E-state index in [1.54, 1.807) is 42.5 Å². The number of imidazole rings is 1. The van der Waals surface area contributed by atoms with Gasteiger partial charge in [0.1, 0.15) is 17.2 Å². The summed E-state index contributed by atoms with van der Waals surface area (Å²) in [6.07, 6.45) is 3.99. The summed E-state index contributed by atoms with van der Waals surface area (Å²) in [7, 11) is 1.59. The highest BCUT2D eigenvalue weighted by Gasteiger charge is 2.47. The SMILES string of the molecule is COc1ccc(C(=O)N2CCC3(CC2)OC(C(N)=O)Cn2ccnc23)cc1. The number of hydrogen-bond acceptors (Lipinski definition) is 5. The monoisotopic (exact) mass is 370 g/mol. The van der Waals surface area contributed by atoms with Crippen molar-refractivity contribution < 1.29 is 19.1 Å². The lowest BCUT2D eigenvalue weighted by Gasteiger charge is -2.45. The van der Waals surface area contributed by atoms with E-state index in [0.29, 0.717) is 43.8 Å². The molecule has 0 radical (unpaired) electrons. The smallest absolute Gasteiger partial charge is 0.253 e. The molecule has 2 aliphatic heterocycles. The Morgan fingerprint density at radius 1 is 1.26 bits per heavy atom. The first-order valence-electron chi connectivity index (χ1n) is 8.94. The number of primary amides is 1. The van der Waals surface area contributed by atoms with Gasteiger partial charge in [0.15, 0.2) is 6.10 Å². The second-order valence-corrected chi connectivity index (χ2v) is 6.93. The van der Waals surface area contributed by atoms with Gasteiger partial charge in [-0.15, -0.1) is 0 Å². The fourth-order valence-corrected chi connectivity index (χ4v) is 3.87. The molecule has 3 heterocycles. The number of benzene rings is 1. The van der Waals surface area contributed by atoms with E-state index in [1.165, 1.54) is 0 Å². The van der Waals surface area contributed by atoms with Crippen LogP contribution in [0.3, 0.4) is 0 Å². The minimum Gasteiger partial charge on any atom is -0.497 e. The van der Waals surface area contributed by atoms with Crippen LogP contribution in [0.5, 0.6) is 5.75 Å². The largest absolute Gasteiger partial charge is 0.497 e. The van der Waals surface area contributed by atoms with Crippen LogP contribution in [0.1, 0.15) is 29.0 Å². The summed E-state index contributed by atoms with van der Waals surface area (Å²) in [5.41, 5.74) is 5.42. The summed E-state index contributed by atoms with van der Waals surface area (Å²) in [6.45, 7) is 1.41. The Kier molecular flexibility index (Phi) is 4.35. The number of ether oxygens (including phenoxy) is 2. The number of piperidine rings is 1. The van der Waals surface area contributed by atoms with E-state index in [0.717, 1.165) is 5.82 Å². The standard InChI is InChI=1S/C19H22N4O4/c1-26-14-4-2-13(3-5-14)17(25)22-9-6-19(7-10-22)18-21-8-11-23(18)12-15(27-19)16(20)24/h2-5,8,11,15H,6-7,9-10,12H2,1H3,(H2,20,24). The Hall–Kier alpha value is -2.87. The first kappa shape index (κ1) is 17.5. The van der Waals surface area contributed by atoms with Crippen LogP contribution in [0.2, 0.25) is 0 Å². The summed E-state index contributed by atoms with van der Waals surface area (Å²) in [5.74, 6) is 1.00. The number of hydrogen-bond donors (Lipinski definition) is 1. The number of amides is 2. The van der Waals surface area contributed by atoms with E-state index in [4.69, 9.17) is 15.2 Å². The molecule has 1 saturated heterocycles. The van der Waals surface area contributed by atoms with Gasteiger partial charge in [-0.3, -0.25) is 9.59 Å². The van der Waals surface area contributed by atoms with Crippen molar-refractivity contribution in [3.63, 3.8) is 0 Å². The fourth-order valence-electron chi connectivity index (χ4n) is 3.87. The van der Waals surface area contributed by atoms with Gasteiger partial charge >= 0.3 is 0 Å². The van der Waals surface area contributed by atoms with Gasteiger partial charge in [-0.05, 0) is 24.3 Å². The van der Waals surface area contributed by atoms with Gasteiger partial charge in [0.05, 0.1) is 13.7 Å². The second kappa shape index (κ2) is 6.70. The zero-order valence-electron chi connectivity index (χ0n) is 15.1. The predicted molar refractivity (Wildman–Crippen MR) is 96.1 cm³/mol. The fraction of sp³-hybridized carbons (Fsp3) is 0.421. The number of carbonyl (C=O) groups excluding carboxylic acids is 2. The molecular weight excluding hydrogens is 348 g/mol. The Morgan fingerprint density at radius 3 is 2.59 bits per heavy atom. The Labute approximate surface area is 156 Å². The van der Waals surface area contributed by atoms with Crippen molar-refractivity contribution in [1.82, 2.24) is 14.5 Å². The lowest BCUT2D eigenvalue weighted by molar-refractivity contribution is -0.169. The molecule has 0 aliphatic carbocycles. The van der Waals surface area contributed by atoms with Gasteiger partial charge in [0, 0.05) is 43.9 Å². The van der Waals surface area contributed by atoms with E-state index in [1.807, 2.05) is 10.8 Å². The van der Waals surface area contributed by atoms with Crippen molar-refractivity contribution in [3.05, 3.63) is 48.0 Å². The molecular formula is C19H22N4O4. The molecule has 8 nitrogen and oxygen atoms in total. The predicted octanol–water partition coefficient (Wildman–Crippen LogP) is 0.907. The molecule has 4 rings (SSSR count). The quantitative estimate of drug-likeness (QED) is 0.866. The molecule has 8 heteroatoms. The van der Waals surface area contributed by atoms with E-state index >= 15 is 0 Å². The summed E-state index contributed by atoms with van der Waals surface area (Å²) >= 11 is 0. The van der Waals surface area contributed by atoms with Crippen LogP contribution in [-0.2, 0) is 21.7 Å². The van der Waals surface area contributed by atoms with Crippen LogP contribution in [0.4, 0.5) is 0 Å². The van der Waals surface area contributed by atoms with E-state index in [-0.39, 0.29) is 5.91 Å². The van der Waals surface area contributed by atoms with E-state index in [2.05, 4.69) is 4.98 Å². The molecule has 2 aliphatic rings. The van der Waals surface area contributed by atoms with Gasteiger partial charge in [0.25, 0.3) is 5.91 Å². The Bertz CT molecular complexity index is 853. The zero-order valence-corrected chi connectivity index (χ0v) is 15.1. The number of rotatable bonds is 3. The topological polar surface area (TPSA) is 99.7 Å². The number of aromatic nitrogens is 2. The molecule has 0 saturated carbocycles. The van der Waals surface area contributed by atoms with Crippen molar-refractivity contribution in [3.8, 4) is 5.75 Å². The van der Waals surface area contributed by atoms with Crippen LogP contribution < -0.4 is 10.5 Å². The van der Waals surface area contributed by atoms with Crippen molar-refractivity contribution in [2.45, 2.75) is 31.1 Å². The van der Waals surface area contributed by atoms with Gasteiger partial charge in [-0.1, -0.05) is 0 Å². The number of methoxy groups -OCH3 is 1. The average Bonchev–Trinajstić information content (AvgIpc) is 3.18. The highest BCUT2D eigenvalue weighted by atomic mass is 16.5. The van der Waals surface area contributed by atoms with Crippen LogP contribution in [0.25, 0.3) is 0 Å². The van der Waals surface area contributed by atoms with E-state index < -0.39 is 17.6 Å². The molecule has 27 heavy (non-hydrogen) atoms. The van der Waals surface area contributed by atoms with Crippen molar-refractivity contribution in [1.29, 1.82) is 0 Å². The molecule has 2 N–H and O–H groups in total.